The number of halogens is 1. The number of nitrogens with zero attached hydrogens (tertiary/aromatic N) is 4. The maximum Gasteiger partial charge on any atom is 0.274 e. The zero-order chi connectivity index (χ0) is 31.5. The molecule has 3 heterocycles. The van der Waals surface area contributed by atoms with Crippen LogP contribution in [0.25, 0.3) is 54.1 Å². The first-order chi connectivity index (χ1) is 20.8. The van der Waals surface area contributed by atoms with Crippen LogP contribution in [-0.4, -0.2) is 30.7 Å². The third-order valence-corrected chi connectivity index (χ3v) is 9.18. The molecule has 3 aromatic carbocycles. The lowest BCUT2D eigenvalue weighted by molar-refractivity contribution is -0.138. The summed E-state index contributed by atoms with van der Waals surface area (Å²) >= 11 is 7.84. The summed E-state index contributed by atoms with van der Waals surface area (Å²) in [5.74, 6) is -0.0636. The van der Waals surface area contributed by atoms with Gasteiger partial charge in [0.2, 0.25) is 0 Å². The predicted octanol–water partition coefficient (Wildman–Crippen LogP) is 8.29. The first kappa shape index (κ1) is 29.9. The van der Waals surface area contributed by atoms with E-state index in [9.17, 15) is 9.59 Å². The Hall–Kier alpha value is -4.11. The lowest BCUT2D eigenvalue weighted by atomic mass is 9.90. The average Bonchev–Trinajstić information content (AvgIpc) is 3.50. The van der Waals surface area contributed by atoms with E-state index in [1.807, 2.05) is 100 Å². The van der Waals surface area contributed by atoms with Crippen molar-refractivity contribution < 1.29 is 9.53 Å². The molecule has 0 fully saturated rings. The molecule has 0 aliphatic carbocycles. The summed E-state index contributed by atoms with van der Waals surface area (Å²) in [4.78, 5) is 35.6. The molecule has 0 spiro atoms. The third-order valence-electron chi connectivity index (χ3n) is 7.79. The summed E-state index contributed by atoms with van der Waals surface area (Å²) in [6.45, 7) is 9.45. The Kier molecular flexibility index (Phi) is 7.56. The van der Waals surface area contributed by atoms with Gasteiger partial charge in [-0.25, -0.2) is 4.98 Å². The Morgan fingerprint density at radius 2 is 1.66 bits per heavy atom. The van der Waals surface area contributed by atoms with E-state index in [-0.39, 0.29) is 11.3 Å². The van der Waals surface area contributed by atoms with Crippen molar-refractivity contribution >= 4 is 49.8 Å². The molecule has 0 aliphatic heterocycles. The van der Waals surface area contributed by atoms with E-state index in [4.69, 9.17) is 21.3 Å². The average molecular weight is 625 g/mol. The molecule has 224 valence electrons. The lowest BCUT2D eigenvalue weighted by Gasteiger charge is -2.29. The fourth-order valence-electron chi connectivity index (χ4n) is 5.62. The highest BCUT2D eigenvalue weighted by Crippen LogP contribution is 2.44. The number of aromatic nitrogens is 4. The molecule has 0 bridgehead atoms. The van der Waals surface area contributed by atoms with Crippen molar-refractivity contribution in [1.29, 1.82) is 0 Å². The van der Waals surface area contributed by atoms with E-state index in [2.05, 4.69) is 4.98 Å². The first-order valence-corrected chi connectivity index (χ1v) is 15.5. The second-order valence-corrected chi connectivity index (χ2v) is 13.5. The molecule has 0 unspecified atom stereocenters. The number of Topliss-reactive ketones (excluding diaryl/α,β-unsaturated/α-hetero) is 1. The van der Waals surface area contributed by atoms with Crippen LogP contribution in [0.4, 0.5) is 0 Å². The fourth-order valence-corrected chi connectivity index (χ4v) is 6.86. The Morgan fingerprint density at radius 1 is 0.955 bits per heavy atom. The van der Waals surface area contributed by atoms with Gasteiger partial charge < -0.3 is 4.74 Å². The Morgan fingerprint density at radius 3 is 2.34 bits per heavy atom. The van der Waals surface area contributed by atoms with Gasteiger partial charge in [0.25, 0.3) is 5.56 Å². The van der Waals surface area contributed by atoms with Crippen LogP contribution in [0.2, 0.25) is 5.02 Å². The summed E-state index contributed by atoms with van der Waals surface area (Å²) in [5.41, 5.74) is 7.25. The summed E-state index contributed by atoms with van der Waals surface area (Å²) in [5, 5.41) is 2.10. The summed E-state index contributed by atoms with van der Waals surface area (Å²) < 4.78 is 10.8. The number of ether oxygens (including phenoxy) is 1. The number of aryl methyl sites for hydroxylation is 2. The highest BCUT2D eigenvalue weighted by Gasteiger charge is 2.30. The lowest BCUT2D eigenvalue weighted by Crippen LogP contribution is -2.27. The number of rotatable bonds is 6. The number of hydrogen-bond acceptors (Lipinski definition) is 6. The van der Waals surface area contributed by atoms with Crippen molar-refractivity contribution in [3.8, 4) is 33.0 Å². The minimum atomic E-state index is -0.747. The minimum absolute atomic E-state index is 0.0492. The largest absolute Gasteiger partial charge is 0.360 e. The Labute approximate surface area is 264 Å². The number of hydrogen-bond donors (Lipinski definition) is 0. The van der Waals surface area contributed by atoms with Crippen LogP contribution in [0.1, 0.15) is 44.9 Å². The van der Waals surface area contributed by atoms with Crippen molar-refractivity contribution in [2.75, 3.05) is 0 Å². The zero-order valence-electron chi connectivity index (χ0n) is 25.7. The molecule has 0 aliphatic rings. The van der Waals surface area contributed by atoms with E-state index in [1.165, 1.54) is 0 Å². The predicted molar refractivity (Wildman–Crippen MR) is 179 cm³/mol. The van der Waals surface area contributed by atoms with Crippen LogP contribution >= 0.6 is 22.9 Å². The molecule has 0 saturated carbocycles. The molecule has 3 aromatic heterocycles. The molecule has 6 rings (SSSR count). The van der Waals surface area contributed by atoms with Gasteiger partial charge in [-0.05, 0) is 88.2 Å². The SMILES string of the molecule is CC(=O)[C@@H](OC(C)(C)C)c1c(C)cc2nc(-c3ccnc(-c4ccc5c(c4)c(=O)n(C)n5C)c3)sc2c1-c1ccc(Cl)cc1. The van der Waals surface area contributed by atoms with Crippen LogP contribution in [0.15, 0.2) is 71.7 Å². The van der Waals surface area contributed by atoms with Crippen LogP contribution in [0, 0.1) is 6.92 Å². The van der Waals surface area contributed by atoms with E-state index in [1.54, 1.807) is 36.2 Å². The first-order valence-electron chi connectivity index (χ1n) is 14.3. The van der Waals surface area contributed by atoms with Gasteiger partial charge in [0, 0.05) is 47.6 Å². The topological polar surface area (TPSA) is 79.0 Å². The molecular formula is C35H33ClN4O3S. The number of thiazole rings is 1. The molecule has 44 heavy (non-hydrogen) atoms. The molecule has 1 atom stereocenters. The molecule has 6 aromatic rings. The van der Waals surface area contributed by atoms with E-state index in [0.29, 0.717) is 10.4 Å². The third kappa shape index (κ3) is 5.38. The highest BCUT2D eigenvalue weighted by molar-refractivity contribution is 7.22. The number of benzene rings is 3. The Bertz CT molecular complexity index is 2130. The van der Waals surface area contributed by atoms with E-state index >= 15 is 0 Å². The van der Waals surface area contributed by atoms with Crippen LogP contribution in [0.5, 0.6) is 0 Å². The molecule has 0 saturated heterocycles. The van der Waals surface area contributed by atoms with Crippen molar-refractivity contribution in [3.63, 3.8) is 0 Å². The number of carbonyl (C=O) groups is 1. The summed E-state index contributed by atoms with van der Waals surface area (Å²) in [6, 6.07) is 19.5. The summed E-state index contributed by atoms with van der Waals surface area (Å²) in [7, 11) is 3.63. The van der Waals surface area contributed by atoms with Crippen molar-refractivity contribution in [2.45, 2.75) is 46.3 Å². The standard InChI is InChI=1S/C35H33ClN4O3S/c1-19-16-27-32(30(21-8-11-24(36)12-9-21)29(19)31(20(2)41)43-35(3,4)5)44-33(38-27)23-14-15-37-26(18-23)22-10-13-28-25(17-22)34(42)40(7)39(28)6/h8-18,31H,1-7H3/t31-/m1/s1. The van der Waals surface area contributed by atoms with Crippen molar-refractivity contribution in [2.24, 2.45) is 14.1 Å². The van der Waals surface area contributed by atoms with Gasteiger partial charge in [0.15, 0.2) is 5.78 Å². The van der Waals surface area contributed by atoms with Gasteiger partial charge in [-0.3, -0.25) is 23.9 Å². The maximum atomic E-state index is 13.1. The number of fused-ring (bicyclic) bond motifs is 2. The molecular weight excluding hydrogens is 592 g/mol. The molecule has 0 radical (unpaired) electrons. The van der Waals surface area contributed by atoms with Crippen LogP contribution < -0.4 is 5.56 Å². The molecule has 9 heteroatoms. The van der Waals surface area contributed by atoms with Crippen molar-refractivity contribution in [3.05, 3.63) is 93.4 Å². The van der Waals surface area contributed by atoms with E-state index in [0.717, 1.165) is 59.8 Å². The summed E-state index contributed by atoms with van der Waals surface area (Å²) in [6.07, 6.45) is 1.02. The molecule has 0 N–H and O–H groups in total. The second kappa shape index (κ2) is 11.1. The Balaban J connectivity index is 1.53. The zero-order valence-corrected chi connectivity index (χ0v) is 27.3. The van der Waals surface area contributed by atoms with Gasteiger partial charge in [0.05, 0.1) is 32.4 Å². The van der Waals surface area contributed by atoms with Gasteiger partial charge in [-0.15, -0.1) is 11.3 Å². The van der Waals surface area contributed by atoms with Gasteiger partial charge in [-0.1, -0.05) is 29.8 Å². The second-order valence-electron chi connectivity index (χ2n) is 12.1. The fraction of sp³-hybridized carbons (Fsp3) is 0.257. The van der Waals surface area contributed by atoms with E-state index < -0.39 is 11.7 Å². The van der Waals surface area contributed by atoms with Gasteiger partial charge in [0.1, 0.15) is 11.1 Å². The molecule has 0 amide bonds. The number of carbonyl (C=O) groups excluding carboxylic acids is 1. The molecule has 7 nitrogen and oxygen atoms in total. The minimum Gasteiger partial charge on any atom is -0.360 e. The number of pyridine rings is 1. The van der Waals surface area contributed by atoms with Gasteiger partial charge in [-0.2, -0.15) is 0 Å². The number of ketones is 1. The monoisotopic (exact) mass is 624 g/mol. The van der Waals surface area contributed by atoms with Crippen molar-refractivity contribution in [1.82, 2.24) is 19.3 Å². The smallest absolute Gasteiger partial charge is 0.274 e. The van der Waals surface area contributed by atoms with Crippen LogP contribution in [0.3, 0.4) is 0 Å². The maximum absolute atomic E-state index is 13.1. The normalized spacial score (nSPS) is 12.7. The quantitative estimate of drug-likeness (QED) is 0.186. The van der Waals surface area contributed by atoms with Gasteiger partial charge >= 0.3 is 0 Å². The van der Waals surface area contributed by atoms with Crippen LogP contribution in [-0.2, 0) is 23.6 Å². The highest BCUT2D eigenvalue weighted by atomic mass is 35.5.